The average molecular weight is 423 g/mol. The van der Waals surface area contributed by atoms with E-state index in [1.54, 1.807) is 53.1 Å². The SMILES string of the molecule is O=C(CO)c1ccc(Cn2c(=O)n(CCN3CCOCC3)c(=O)c3ccccc32)cc1. The number of ether oxygens (including phenoxy) is 1. The molecular formula is C23H25N3O5. The van der Waals surface area contributed by atoms with E-state index in [-0.39, 0.29) is 23.6 Å². The highest BCUT2D eigenvalue weighted by Gasteiger charge is 2.16. The molecule has 2 aromatic carbocycles. The molecule has 0 saturated carbocycles. The van der Waals surface area contributed by atoms with Crippen molar-refractivity contribution >= 4 is 16.7 Å². The minimum absolute atomic E-state index is 0.269. The molecule has 0 radical (unpaired) electrons. The van der Waals surface area contributed by atoms with Crippen molar-refractivity contribution in [2.45, 2.75) is 13.1 Å². The Hall–Kier alpha value is -3.07. The van der Waals surface area contributed by atoms with Crippen LogP contribution in [-0.4, -0.2) is 64.4 Å². The zero-order chi connectivity index (χ0) is 21.8. The van der Waals surface area contributed by atoms with Crippen molar-refractivity contribution in [3.63, 3.8) is 0 Å². The minimum atomic E-state index is -0.544. The number of para-hydroxylation sites is 1. The van der Waals surface area contributed by atoms with Gasteiger partial charge >= 0.3 is 5.69 Å². The molecule has 0 aliphatic carbocycles. The highest BCUT2D eigenvalue weighted by molar-refractivity contribution is 5.96. The van der Waals surface area contributed by atoms with E-state index >= 15 is 0 Å². The van der Waals surface area contributed by atoms with E-state index < -0.39 is 6.61 Å². The number of hydrogen-bond acceptors (Lipinski definition) is 6. The summed E-state index contributed by atoms with van der Waals surface area (Å²) in [5.74, 6) is -0.356. The summed E-state index contributed by atoms with van der Waals surface area (Å²) >= 11 is 0. The first-order chi connectivity index (χ1) is 15.1. The summed E-state index contributed by atoms with van der Waals surface area (Å²) < 4.78 is 8.26. The number of fused-ring (bicyclic) bond motifs is 1. The Bertz CT molecular complexity index is 1190. The van der Waals surface area contributed by atoms with E-state index in [1.165, 1.54) is 4.57 Å². The molecule has 1 fully saturated rings. The number of carbonyl (C=O) groups is 1. The second-order valence-corrected chi connectivity index (χ2v) is 7.57. The van der Waals surface area contributed by atoms with E-state index in [2.05, 4.69) is 4.90 Å². The van der Waals surface area contributed by atoms with Gasteiger partial charge in [0.05, 0.1) is 30.7 Å². The predicted molar refractivity (Wildman–Crippen MR) is 117 cm³/mol. The molecule has 8 heteroatoms. The van der Waals surface area contributed by atoms with Gasteiger partial charge in [0, 0.05) is 31.7 Å². The first-order valence-electron chi connectivity index (χ1n) is 10.3. The highest BCUT2D eigenvalue weighted by atomic mass is 16.5. The topological polar surface area (TPSA) is 93.8 Å². The largest absolute Gasteiger partial charge is 0.388 e. The number of carbonyl (C=O) groups excluding carboxylic acids is 1. The molecule has 1 N–H and O–H groups in total. The van der Waals surface area contributed by atoms with E-state index in [1.807, 2.05) is 0 Å². The third-order valence-corrected chi connectivity index (χ3v) is 5.64. The number of aromatic nitrogens is 2. The molecule has 1 aliphatic heterocycles. The third-order valence-electron chi connectivity index (χ3n) is 5.64. The van der Waals surface area contributed by atoms with Crippen LogP contribution in [0.5, 0.6) is 0 Å². The van der Waals surface area contributed by atoms with Crippen LogP contribution in [0.1, 0.15) is 15.9 Å². The van der Waals surface area contributed by atoms with Gasteiger partial charge in [-0.1, -0.05) is 36.4 Å². The number of nitrogens with zero attached hydrogens (tertiary/aromatic N) is 3. The van der Waals surface area contributed by atoms with Crippen LogP contribution in [-0.2, 0) is 17.8 Å². The molecule has 8 nitrogen and oxygen atoms in total. The van der Waals surface area contributed by atoms with E-state index in [4.69, 9.17) is 9.84 Å². The lowest BCUT2D eigenvalue weighted by Gasteiger charge is -2.26. The van der Waals surface area contributed by atoms with Crippen molar-refractivity contribution in [3.05, 3.63) is 80.5 Å². The maximum atomic E-state index is 13.3. The summed E-state index contributed by atoms with van der Waals surface area (Å²) in [5, 5.41) is 9.51. The van der Waals surface area contributed by atoms with Crippen LogP contribution >= 0.6 is 0 Å². The first-order valence-corrected chi connectivity index (χ1v) is 10.3. The zero-order valence-corrected chi connectivity index (χ0v) is 17.2. The van der Waals surface area contributed by atoms with Gasteiger partial charge in [-0.3, -0.25) is 23.6 Å². The maximum Gasteiger partial charge on any atom is 0.331 e. The van der Waals surface area contributed by atoms with E-state index in [0.717, 1.165) is 18.7 Å². The monoisotopic (exact) mass is 423 g/mol. The molecule has 1 aromatic heterocycles. The quantitative estimate of drug-likeness (QED) is 0.563. The summed E-state index contributed by atoms with van der Waals surface area (Å²) in [6, 6.07) is 13.9. The average Bonchev–Trinajstić information content (AvgIpc) is 2.82. The van der Waals surface area contributed by atoms with Crippen molar-refractivity contribution in [2.24, 2.45) is 0 Å². The zero-order valence-electron chi connectivity index (χ0n) is 17.2. The number of morpholine rings is 1. The molecule has 1 aliphatic rings. The van der Waals surface area contributed by atoms with Gasteiger partial charge in [-0.25, -0.2) is 4.79 Å². The number of benzene rings is 2. The van der Waals surface area contributed by atoms with Crippen molar-refractivity contribution in [2.75, 3.05) is 39.5 Å². The second kappa shape index (κ2) is 9.38. The van der Waals surface area contributed by atoms with Crippen LogP contribution in [0, 0.1) is 0 Å². The van der Waals surface area contributed by atoms with Crippen LogP contribution in [0.2, 0.25) is 0 Å². The fourth-order valence-corrected chi connectivity index (χ4v) is 3.86. The van der Waals surface area contributed by atoms with Gasteiger partial charge in [0.1, 0.15) is 6.61 Å². The van der Waals surface area contributed by atoms with Crippen LogP contribution in [0.4, 0.5) is 0 Å². The molecule has 31 heavy (non-hydrogen) atoms. The molecule has 4 rings (SSSR count). The molecule has 2 heterocycles. The summed E-state index contributed by atoms with van der Waals surface area (Å²) in [6.45, 7) is 3.53. The van der Waals surface area contributed by atoms with Crippen LogP contribution in [0.25, 0.3) is 10.9 Å². The minimum Gasteiger partial charge on any atom is -0.388 e. The number of aliphatic hydroxyl groups is 1. The molecule has 0 unspecified atom stereocenters. The maximum absolute atomic E-state index is 13.3. The predicted octanol–water partition coefficient (Wildman–Crippen LogP) is 0.719. The fourth-order valence-electron chi connectivity index (χ4n) is 3.86. The van der Waals surface area contributed by atoms with Crippen molar-refractivity contribution in [1.82, 2.24) is 14.0 Å². The summed E-state index contributed by atoms with van der Waals surface area (Å²) in [5.41, 5.74) is 1.18. The normalized spacial score (nSPS) is 14.7. The van der Waals surface area contributed by atoms with Gasteiger partial charge in [0.2, 0.25) is 0 Å². The lowest BCUT2D eigenvalue weighted by Crippen LogP contribution is -2.44. The summed E-state index contributed by atoms with van der Waals surface area (Å²) in [7, 11) is 0. The van der Waals surface area contributed by atoms with Gasteiger partial charge in [-0.2, -0.15) is 0 Å². The second-order valence-electron chi connectivity index (χ2n) is 7.57. The number of aliphatic hydroxyl groups excluding tert-OH is 1. The van der Waals surface area contributed by atoms with Crippen LogP contribution < -0.4 is 11.2 Å². The van der Waals surface area contributed by atoms with Gasteiger partial charge < -0.3 is 9.84 Å². The van der Waals surface area contributed by atoms with E-state index in [0.29, 0.717) is 42.8 Å². The fraction of sp³-hybridized carbons (Fsp3) is 0.348. The Kier molecular flexibility index (Phi) is 6.41. The van der Waals surface area contributed by atoms with Gasteiger partial charge in [-0.05, 0) is 17.7 Å². The Morgan fingerprint density at radius 3 is 2.35 bits per heavy atom. The number of ketones is 1. The Morgan fingerprint density at radius 2 is 1.65 bits per heavy atom. The number of hydrogen-bond donors (Lipinski definition) is 1. The summed E-state index contributed by atoms with van der Waals surface area (Å²) in [6.07, 6.45) is 0. The molecule has 0 spiro atoms. The van der Waals surface area contributed by atoms with Crippen molar-refractivity contribution in [1.29, 1.82) is 0 Å². The molecule has 0 atom stereocenters. The smallest absolute Gasteiger partial charge is 0.331 e. The summed E-state index contributed by atoms with van der Waals surface area (Å²) in [4.78, 5) is 40.2. The molecule has 0 bridgehead atoms. The molecule has 0 amide bonds. The number of Topliss-reactive ketones (excluding diaryl/α,β-unsaturated/α-hetero) is 1. The van der Waals surface area contributed by atoms with E-state index in [9.17, 15) is 14.4 Å². The Labute approximate surface area is 178 Å². The molecule has 3 aromatic rings. The standard InChI is InChI=1S/C23H25N3O5/c27-16-21(28)18-7-5-17(6-8-18)15-26-20-4-2-1-3-19(20)22(29)25(23(26)30)10-9-24-11-13-31-14-12-24/h1-8,27H,9-16H2. The van der Waals surface area contributed by atoms with Gasteiger partial charge in [-0.15, -0.1) is 0 Å². The highest BCUT2D eigenvalue weighted by Crippen LogP contribution is 2.12. The molecule has 1 saturated heterocycles. The number of rotatable bonds is 7. The lowest BCUT2D eigenvalue weighted by atomic mass is 10.1. The van der Waals surface area contributed by atoms with Gasteiger partial charge in [0.15, 0.2) is 5.78 Å². The molecular weight excluding hydrogens is 398 g/mol. The van der Waals surface area contributed by atoms with Crippen molar-refractivity contribution in [3.8, 4) is 0 Å². The lowest BCUT2D eigenvalue weighted by molar-refractivity contribution is 0.0361. The van der Waals surface area contributed by atoms with Crippen LogP contribution in [0.15, 0.2) is 58.1 Å². The van der Waals surface area contributed by atoms with Crippen LogP contribution in [0.3, 0.4) is 0 Å². The Balaban J connectivity index is 1.69. The molecule has 162 valence electrons. The Morgan fingerprint density at radius 1 is 0.935 bits per heavy atom. The van der Waals surface area contributed by atoms with Crippen molar-refractivity contribution < 1.29 is 14.6 Å². The van der Waals surface area contributed by atoms with Gasteiger partial charge in [0.25, 0.3) is 5.56 Å². The first kappa shape index (κ1) is 21.2. The third kappa shape index (κ3) is 4.51.